The second-order valence-corrected chi connectivity index (χ2v) is 5.85. The van der Waals surface area contributed by atoms with Crippen LogP contribution in [0.15, 0.2) is 18.2 Å². The summed E-state index contributed by atoms with van der Waals surface area (Å²) in [7, 11) is -3.91. The number of fused-ring (bicyclic) bond motifs is 1. The van der Waals surface area contributed by atoms with Crippen molar-refractivity contribution < 1.29 is 17.9 Å². The molecule has 1 amide bonds. The van der Waals surface area contributed by atoms with E-state index < -0.39 is 16.3 Å². The summed E-state index contributed by atoms with van der Waals surface area (Å²) in [6.45, 7) is 3.45. The minimum absolute atomic E-state index is 0.110. The lowest BCUT2D eigenvalue weighted by Gasteiger charge is -2.09. The van der Waals surface area contributed by atoms with Gasteiger partial charge in [-0.15, -0.1) is 0 Å². The second-order valence-electron chi connectivity index (χ2n) is 4.35. The second kappa shape index (κ2) is 6.21. The maximum atomic E-state index is 11.6. The van der Waals surface area contributed by atoms with E-state index in [0.29, 0.717) is 0 Å². The highest BCUT2D eigenvalue weighted by molar-refractivity contribution is 7.88. The number of carbonyl (C=O) groups is 1. The summed E-state index contributed by atoms with van der Waals surface area (Å²) in [5.74, 6) is 0. The molecule has 0 aromatic heterocycles. The Hall–Kier alpha value is -1.64. The average Bonchev–Trinajstić information content (AvgIpc) is 2.83. The fourth-order valence-electron chi connectivity index (χ4n) is 1.94. The van der Waals surface area contributed by atoms with Crippen LogP contribution in [0.4, 0.5) is 4.79 Å². The van der Waals surface area contributed by atoms with Gasteiger partial charge in [0.15, 0.2) is 0 Å². The molecule has 1 aliphatic rings. The number of carbonyl (C=O) groups excluding carboxylic acids is 1. The van der Waals surface area contributed by atoms with Crippen LogP contribution in [0.3, 0.4) is 0 Å². The molecule has 0 bridgehead atoms. The number of benzene rings is 1. The van der Waals surface area contributed by atoms with E-state index in [1.54, 1.807) is 11.6 Å². The summed E-state index contributed by atoms with van der Waals surface area (Å²) in [5.41, 5.74) is 3.22. The molecule has 0 atom stereocenters. The number of hydrogen-bond donors (Lipinski definition) is 3. The first kappa shape index (κ1) is 14.8. The highest BCUT2D eigenvalue weighted by Crippen LogP contribution is 2.16. The first-order chi connectivity index (χ1) is 9.50. The number of ether oxygens (including phenoxy) is 1. The molecule has 0 spiro atoms. The molecule has 0 saturated heterocycles. The van der Waals surface area contributed by atoms with Gasteiger partial charge in [0, 0.05) is 19.6 Å². The lowest BCUT2D eigenvalue weighted by molar-refractivity contribution is 0.158. The van der Waals surface area contributed by atoms with Crippen LogP contribution in [0.5, 0.6) is 0 Å². The van der Waals surface area contributed by atoms with Gasteiger partial charge >= 0.3 is 16.3 Å². The van der Waals surface area contributed by atoms with Crippen molar-refractivity contribution in [3.63, 3.8) is 0 Å². The topological polar surface area (TPSA) is 96.5 Å². The molecule has 1 aromatic carbocycles. The zero-order valence-electron chi connectivity index (χ0n) is 11.1. The summed E-state index contributed by atoms with van der Waals surface area (Å²) in [4.78, 5) is 11.1. The van der Waals surface area contributed by atoms with E-state index >= 15 is 0 Å². The summed E-state index contributed by atoms with van der Waals surface area (Å²) < 4.78 is 31.8. The minimum atomic E-state index is -3.91. The number of amides is 1. The fourth-order valence-corrected chi connectivity index (χ4v) is 2.65. The molecular weight excluding hydrogens is 282 g/mol. The van der Waals surface area contributed by atoms with E-state index in [2.05, 4.69) is 14.8 Å². The van der Waals surface area contributed by atoms with Crippen molar-refractivity contribution in [3.8, 4) is 0 Å². The lowest BCUT2D eigenvalue weighted by atomic mass is 10.1. The number of hydrogen-bond acceptors (Lipinski definition) is 5. The van der Waals surface area contributed by atoms with E-state index in [1.807, 2.05) is 18.2 Å². The Kier molecular flexibility index (Phi) is 4.58. The van der Waals surface area contributed by atoms with Crippen LogP contribution < -0.4 is 14.8 Å². The maximum absolute atomic E-state index is 11.6. The highest BCUT2D eigenvalue weighted by atomic mass is 32.2. The Balaban J connectivity index is 1.93. The minimum Gasteiger partial charge on any atom is -0.449 e. The van der Waals surface area contributed by atoms with Gasteiger partial charge in [-0.05, 0) is 23.6 Å². The zero-order valence-corrected chi connectivity index (χ0v) is 11.9. The third kappa shape index (κ3) is 3.92. The molecule has 110 valence electrons. The van der Waals surface area contributed by atoms with Crippen LogP contribution in [0.25, 0.3) is 0 Å². The number of nitrogens with one attached hydrogen (secondary N) is 3. The van der Waals surface area contributed by atoms with Crippen molar-refractivity contribution in [2.24, 2.45) is 0 Å². The van der Waals surface area contributed by atoms with Crippen molar-refractivity contribution in [3.05, 3.63) is 34.9 Å². The molecule has 1 heterocycles. The largest absolute Gasteiger partial charge is 0.449 e. The molecule has 0 unspecified atom stereocenters. The molecule has 0 fully saturated rings. The van der Waals surface area contributed by atoms with Crippen molar-refractivity contribution >= 4 is 16.3 Å². The summed E-state index contributed by atoms with van der Waals surface area (Å²) in [6, 6.07) is 5.78. The quantitative estimate of drug-likeness (QED) is 0.730. The van der Waals surface area contributed by atoms with Gasteiger partial charge in [0.25, 0.3) is 0 Å². The Bertz CT molecular complexity index is 601. The summed E-state index contributed by atoms with van der Waals surface area (Å²) in [6.07, 6.45) is -0.988. The molecule has 2 rings (SSSR count). The van der Waals surface area contributed by atoms with Crippen molar-refractivity contribution in [1.29, 1.82) is 0 Å². The Morgan fingerprint density at radius 1 is 1.35 bits per heavy atom. The van der Waals surface area contributed by atoms with Crippen LogP contribution in [0.2, 0.25) is 0 Å². The van der Waals surface area contributed by atoms with E-state index in [9.17, 15) is 13.2 Å². The van der Waals surface area contributed by atoms with Gasteiger partial charge in [-0.1, -0.05) is 18.2 Å². The highest BCUT2D eigenvalue weighted by Gasteiger charge is 2.15. The van der Waals surface area contributed by atoms with Crippen molar-refractivity contribution in [2.45, 2.75) is 26.6 Å². The van der Waals surface area contributed by atoms with Gasteiger partial charge in [0.1, 0.15) is 0 Å². The number of rotatable bonds is 5. The van der Waals surface area contributed by atoms with Gasteiger partial charge < -0.3 is 10.1 Å². The van der Waals surface area contributed by atoms with E-state index in [0.717, 1.165) is 18.7 Å². The predicted octanol–water partition coefficient (Wildman–Crippen LogP) is 0.370. The molecule has 0 aliphatic carbocycles. The lowest BCUT2D eigenvalue weighted by Crippen LogP contribution is -2.40. The van der Waals surface area contributed by atoms with Gasteiger partial charge in [0.2, 0.25) is 0 Å². The Labute approximate surface area is 117 Å². The van der Waals surface area contributed by atoms with Crippen LogP contribution >= 0.6 is 0 Å². The van der Waals surface area contributed by atoms with Crippen molar-refractivity contribution in [2.75, 3.05) is 6.61 Å². The Morgan fingerprint density at radius 3 is 2.85 bits per heavy atom. The Morgan fingerprint density at radius 2 is 2.10 bits per heavy atom. The molecule has 3 N–H and O–H groups in total. The molecular formula is C12H17N3O4S. The zero-order chi connectivity index (χ0) is 14.6. The molecule has 0 radical (unpaired) electrons. The summed E-state index contributed by atoms with van der Waals surface area (Å²) in [5, 5.41) is 3.22. The first-order valence-corrected chi connectivity index (χ1v) is 7.74. The molecule has 1 aromatic rings. The van der Waals surface area contributed by atoms with E-state index in [1.165, 1.54) is 11.1 Å². The first-order valence-electron chi connectivity index (χ1n) is 6.25. The van der Waals surface area contributed by atoms with Gasteiger partial charge in [0.05, 0.1) is 6.61 Å². The molecule has 8 heteroatoms. The van der Waals surface area contributed by atoms with Crippen LogP contribution in [-0.2, 0) is 34.6 Å². The molecule has 20 heavy (non-hydrogen) atoms. The smallest absolute Gasteiger partial charge is 0.421 e. The average molecular weight is 299 g/mol. The SMILES string of the molecule is CCOC(=O)NS(=O)(=O)NCc1ccc2c(c1)CNC2. The van der Waals surface area contributed by atoms with Crippen LogP contribution in [0.1, 0.15) is 23.6 Å². The van der Waals surface area contributed by atoms with E-state index in [4.69, 9.17) is 0 Å². The molecule has 0 saturated carbocycles. The third-order valence-electron chi connectivity index (χ3n) is 2.86. The predicted molar refractivity (Wildman–Crippen MR) is 72.9 cm³/mol. The van der Waals surface area contributed by atoms with Crippen LogP contribution in [-0.4, -0.2) is 21.1 Å². The fraction of sp³-hybridized carbons (Fsp3) is 0.417. The maximum Gasteiger partial charge on any atom is 0.421 e. The van der Waals surface area contributed by atoms with Gasteiger partial charge in [-0.2, -0.15) is 13.1 Å². The normalized spacial score (nSPS) is 13.8. The third-order valence-corrected chi connectivity index (χ3v) is 3.82. The van der Waals surface area contributed by atoms with Gasteiger partial charge in [-0.3, -0.25) is 0 Å². The standard InChI is InChI=1S/C12H17N3O4S/c1-2-19-12(16)15-20(17,18)14-6-9-3-4-10-7-13-8-11(10)5-9/h3-5,13-14H,2,6-8H2,1H3,(H,15,16). The molecule has 7 nitrogen and oxygen atoms in total. The molecule has 1 aliphatic heterocycles. The van der Waals surface area contributed by atoms with Crippen molar-refractivity contribution in [1.82, 2.24) is 14.8 Å². The van der Waals surface area contributed by atoms with E-state index in [-0.39, 0.29) is 13.2 Å². The summed E-state index contributed by atoms with van der Waals surface area (Å²) >= 11 is 0. The van der Waals surface area contributed by atoms with Gasteiger partial charge in [-0.25, -0.2) is 9.52 Å². The van der Waals surface area contributed by atoms with Crippen LogP contribution in [0, 0.1) is 0 Å². The monoisotopic (exact) mass is 299 g/mol.